The van der Waals surface area contributed by atoms with Gasteiger partial charge in [-0.1, -0.05) is 29.8 Å². The number of hydrogen-bond acceptors (Lipinski definition) is 4. The molecular weight excluding hydrogens is 268 g/mol. The fourth-order valence-electron chi connectivity index (χ4n) is 1.57. The molecule has 0 aliphatic heterocycles. The predicted molar refractivity (Wildman–Crippen MR) is 69.4 cm³/mol. The van der Waals surface area contributed by atoms with Crippen molar-refractivity contribution < 1.29 is 9.90 Å². The lowest BCUT2D eigenvalue weighted by Gasteiger charge is -2.12. The van der Waals surface area contributed by atoms with Gasteiger partial charge in [0.15, 0.2) is 11.9 Å². The van der Waals surface area contributed by atoms with Crippen molar-refractivity contribution >= 4 is 17.5 Å². The summed E-state index contributed by atoms with van der Waals surface area (Å²) in [6.07, 6.45) is -1.31. The van der Waals surface area contributed by atoms with E-state index in [1.807, 2.05) is 0 Å². The Morgan fingerprint density at radius 1 is 1.53 bits per heavy atom. The number of aliphatic hydroxyl groups is 1. The highest BCUT2D eigenvalue weighted by Gasteiger charge is 2.19. The number of halogens is 1. The molecule has 7 heteroatoms. The van der Waals surface area contributed by atoms with Gasteiger partial charge in [-0.25, -0.2) is 4.98 Å². The van der Waals surface area contributed by atoms with E-state index in [0.29, 0.717) is 22.2 Å². The van der Waals surface area contributed by atoms with Gasteiger partial charge in [-0.05, 0) is 13.0 Å². The summed E-state index contributed by atoms with van der Waals surface area (Å²) in [4.78, 5) is 15.8. The van der Waals surface area contributed by atoms with Crippen molar-refractivity contribution in [2.24, 2.45) is 0 Å². The molecule has 3 N–H and O–H groups in total. The van der Waals surface area contributed by atoms with Gasteiger partial charge >= 0.3 is 0 Å². The van der Waals surface area contributed by atoms with Crippen LogP contribution in [0.4, 0.5) is 0 Å². The molecule has 6 nitrogen and oxygen atoms in total. The van der Waals surface area contributed by atoms with Crippen LogP contribution in [0.25, 0.3) is 0 Å². The fraction of sp³-hybridized carbons (Fsp3) is 0.250. The number of aryl methyl sites for hydroxylation is 1. The summed E-state index contributed by atoms with van der Waals surface area (Å²) in [5.74, 6) is 0.573. The Hall–Kier alpha value is -1.92. The zero-order valence-corrected chi connectivity index (χ0v) is 11.0. The first-order valence-corrected chi connectivity index (χ1v) is 6.04. The van der Waals surface area contributed by atoms with Crippen molar-refractivity contribution in [2.45, 2.75) is 19.6 Å². The molecule has 0 fully saturated rings. The number of nitrogens with zero attached hydrogens (tertiary/aromatic N) is 2. The van der Waals surface area contributed by atoms with E-state index in [0.717, 1.165) is 0 Å². The number of rotatable bonds is 4. The Kier molecular flexibility index (Phi) is 4.13. The number of aromatic nitrogens is 3. The number of aliphatic hydroxyl groups excluding tert-OH is 1. The molecule has 0 saturated heterocycles. The van der Waals surface area contributed by atoms with Crippen LogP contribution in [0.2, 0.25) is 5.02 Å². The summed E-state index contributed by atoms with van der Waals surface area (Å²) in [5.41, 5.74) is 0.368. The molecule has 1 aromatic carbocycles. The quantitative estimate of drug-likeness (QED) is 0.783. The molecule has 0 aliphatic rings. The van der Waals surface area contributed by atoms with Gasteiger partial charge in [0, 0.05) is 10.6 Å². The largest absolute Gasteiger partial charge is 0.378 e. The van der Waals surface area contributed by atoms with Crippen LogP contribution in [0.1, 0.15) is 23.3 Å². The standard InChI is InChI=1S/C12H13ClN4O2/c1-7-15-10(17-16-7)6-14-12(19)11(18)8-4-2-3-5-9(8)13/h2-5,11,18H,6H2,1H3,(H,14,19)(H,15,16,17)/t11-/m0/s1. The zero-order valence-electron chi connectivity index (χ0n) is 10.2. The second kappa shape index (κ2) is 5.81. The van der Waals surface area contributed by atoms with Crippen LogP contribution in [-0.4, -0.2) is 26.2 Å². The van der Waals surface area contributed by atoms with Gasteiger partial charge < -0.3 is 10.4 Å². The van der Waals surface area contributed by atoms with Gasteiger partial charge in [0.05, 0.1) is 6.54 Å². The summed E-state index contributed by atoms with van der Waals surface area (Å²) in [6.45, 7) is 1.90. The van der Waals surface area contributed by atoms with Crippen molar-refractivity contribution in [1.82, 2.24) is 20.5 Å². The maximum Gasteiger partial charge on any atom is 0.253 e. The number of amides is 1. The first-order chi connectivity index (χ1) is 9.08. The number of nitrogens with one attached hydrogen (secondary N) is 2. The first-order valence-electron chi connectivity index (χ1n) is 5.66. The van der Waals surface area contributed by atoms with Crippen molar-refractivity contribution in [2.75, 3.05) is 0 Å². The molecule has 0 unspecified atom stereocenters. The van der Waals surface area contributed by atoms with Gasteiger partial charge in [0.25, 0.3) is 5.91 Å². The second-order valence-electron chi connectivity index (χ2n) is 3.98. The van der Waals surface area contributed by atoms with Crippen molar-refractivity contribution in [3.05, 3.63) is 46.5 Å². The number of carbonyl (C=O) groups excluding carboxylic acids is 1. The Morgan fingerprint density at radius 2 is 2.26 bits per heavy atom. The molecule has 1 amide bonds. The summed E-state index contributed by atoms with van der Waals surface area (Å²) in [5, 5.41) is 19.3. The average molecular weight is 281 g/mol. The van der Waals surface area contributed by atoms with Crippen molar-refractivity contribution in [3.8, 4) is 0 Å². The molecule has 1 heterocycles. The molecule has 100 valence electrons. The lowest BCUT2D eigenvalue weighted by Crippen LogP contribution is -2.29. The Labute approximate surface area is 114 Å². The number of aromatic amines is 1. The van der Waals surface area contributed by atoms with Crippen LogP contribution in [0, 0.1) is 6.92 Å². The number of carbonyl (C=O) groups is 1. The molecule has 19 heavy (non-hydrogen) atoms. The third-order valence-corrected chi connectivity index (χ3v) is 2.86. The minimum absolute atomic E-state index is 0.144. The smallest absolute Gasteiger partial charge is 0.253 e. The van der Waals surface area contributed by atoms with E-state index in [2.05, 4.69) is 20.5 Å². The Morgan fingerprint density at radius 3 is 2.89 bits per heavy atom. The van der Waals surface area contributed by atoms with E-state index in [1.54, 1.807) is 31.2 Å². The third-order valence-electron chi connectivity index (χ3n) is 2.51. The Bertz CT molecular complexity index is 585. The monoisotopic (exact) mass is 280 g/mol. The van der Waals surface area contributed by atoms with Gasteiger partial charge in [-0.2, -0.15) is 5.10 Å². The molecule has 2 aromatic rings. The highest BCUT2D eigenvalue weighted by atomic mass is 35.5. The zero-order chi connectivity index (χ0) is 13.8. The van der Waals surface area contributed by atoms with Crippen LogP contribution >= 0.6 is 11.6 Å². The summed E-state index contributed by atoms with van der Waals surface area (Å²) in [7, 11) is 0. The van der Waals surface area contributed by atoms with E-state index in [4.69, 9.17) is 11.6 Å². The van der Waals surface area contributed by atoms with E-state index in [1.165, 1.54) is 0 Å². The minimum atomic E-state index is -1.31. The highest BCUT2D eigenvalue weighted by molar-refractivity contribution is 6.31. The molecule has 0 bridgehead atoms. The molecule has 0 aliphatic carbocycles. The lowest BCUT2D eigenvalue weighted by molar-refractivity contribution is -0.129. The predicted octanol–water partition coefficient (Wildman–Crippen LogP) is 1.12. The molecule has 0 spiro atoms. The molecule has 0 radical (unpaired) electrons. The topological polar surface area (TPSA) is 90.9 Å². The van der Waals surface area contributed by atoms with Crippen LogP contribution in [-0.2, 0) is 11.3 Å². The normalized spacial score (nSPS) is 12.2. The number of benzene rings is 1. The summed E-state index contributed by atoms with van der Waals surface area (Å²) < 4.78 is 0. The average Bonchev–Trinajstić information content (AvgIpc) is 2.81. The molecule has 0 saturated carbocycles. The molecule has 2 rings (SSSR count). The first kappa shape index (κ1) is 13.5. The molecule has 1 aromatic heterocycles. The summed E-state index contributed by atoms with van der Waals surface area (Å²) in [6, 6.07) is 6.65. The summed E-state index contributed by atoms with van der Waals surface area (Å²) >= 11 is 5.91. The highest BCUT2D eigenvalue weighted by Crippen LogP contribution is 2.22. The van der Waals surface area contributed by atoms with Crippen LogP contribution in [0.5, 0.6) is 0 Å². The Balaban J connectivity index is 1.98. The van der Waals surface area contributed by atoms with E-state index in [-0.39, 0.29) is 6.54 Å². The van der Waals surface area contributed by atoms with Crippen LogP contribution in [0.15, 0.2) is 24.3 Å². The third kappa shape index (κ3) is 3.30. The number of H-pyrrole nitrogens is 1. The van der Waals surface area contributed by atoms with Crippen LogP contribution in [0.3, 0.4) is 0 Å². The van der Waals surface area contributed by atoms with E-state index >= 15 is 0 Å². The van der Waals surface area contributed by atoms with Gasteiger partial charge in [0.2, 0.25) is 0 Å². The van der Waals surface area contributed by atoms with Crippen LogP contribution < -0.4 is 5.32 Å². The van der Waals surface area contributed by atoms with E-state index < -0.39 is 12.0 Å². The van der Waals surface area contributed by atoms with Gasteiger partial charge in [0.1, 0.15) is 5.82 Å². The van der Waals surface area contributed by atoms with Gasteiger partial charge in [-0.3, -0.25) is 9.89 Å². The maximum atomic E-state index is 11.8. The lowest BCUT2D eigenvalue weighted by atomic mass is 10.1. The van der Waals surface area contributed by atoms with Gasteiger partial charge in [-0.15, -0.1) is 0 Å². The van der Waals surface area contributed by atoms with E-state index in [9.17, 15) is 9.90 Å². The van der Waals surface area contributed by atoms with Crippen molar-refractivity contribution in [3.63, 3.8) is 0 Å². The fourth-order valence-corrected chi connectivity index (χ4v) is 1.81. The minimum Gasteiger partial charge on any atom is -0.378 e. The SMILES string of the molecule is Cc1nc(CNC(=O)[C@@H](O)c2ccccc2Cl)n[nH]1. The maximum absolute atomic E-state index is 11.8. The molecule has 1 atom stereocenters. The second-order valence-corrected chi connectivity index (χ2v) is 4.39. The number of hydrogen-bond donors (Lipinski definition) is 3. The molecular formula is C12H13ClN4O2. The van der Waals surface area contributed by atoms with Crippen molar-refractivity contribution in [1.29, 1.82) is 0 Å².